The molecule has 0 radical (unpaired) electrons. The van der Waals surface area contributed by atoms with E-state index in [1.807, 2.05) is 12.1 Å². The molecule has 0 bridgehead atoms. The molecule has 3 rings (SSSR count). The minimum atomic E-state index is -1.23. The van der Waals surface area contributed by atoms with Gasteiger partial charge < -0.3 is 25.4 Å². The Morgan fingerprint density at radius 2 is 2.09 bits per heavy atom. The van der Waals surface area contributed by atoms with Gasteiger partial charge in [-0.1, -0.05) is 12.1 Å². The van der Waals surface area contributed by atoms with E-state index in [0.29, 0.717) is 17.0 Å². The van der Waals surface area contributed by atoms with E-state index in [0.717, 1.165) is 0 Å². The second-order valence-electron chi connectivity index (χ2n) is 5.72. The highest BCUT2D eigenvalue weighted by molar-refractivity contribution is 5.78. The van der Waals surface area contributed by atoms with Gasteiger partial charge in [-0.05, 0) is 19.1 Å². The Morgan fingerprint density at radius 1 is 1.35 bits per heavy atom. The lowest BCUT2D eigenvalue weighted by atomic mass is 10.1. The van der Waals surface area contributed by atoms with Crippen LogP contribution in [0.25, 0.3) is 11.0 Å². The summed E-state index contributed by atoms with van der Waals surface area (Å²) in [6.45, 7) is 0.672. The molecule has 2 heterocycles. The van der Waals surface area contributed by atoms with Gasteiger partial charge in [0.1, 0.15) is 25.0 Å². The van der Waals surface area contributed by atoms with Crippen LogP contribution < -0.4 is 5.32 Å². The minimum Gasteiger partial charge on any atom is -0.394 e. The number of fused-ring (bicyclic) bond motifs is 1. The molecule has 4 N–H and O–H groups in total. The van der Waals surface area contributed by atoms with E-state index in [-0.39, 0.29) is 0 Å². The first-order valence-electron chi connectivity index (χ1n) is 7.48. The Kier molecular flexibility index (Phi) is 4.49. The predicted octanol–water partition coefficient (Wildman–Crippen LogP) is 0.418. The fraction of sp³-hybridized carbons (Fsp3) is 0.533. The smallest absolute Gasteiger partial charge is 0.206 e. The van der Waals surface area contributed by atoms with E-state index >= 15 is 0 Å². The molecule has 0 amide bonds. The van der Waals surface area contributed by atoms with Gasteiger partial charge in [-0.3, -0.25) is 4.57 Å². The van der Waals surface area contributed by atoms with Gasteiger partial charge in [0, 0.05) is 0 Å². The zero-order valence-electron chi connectivity index (χ0n) is 12.6. The number of halogens is 1. The van der Waals surface area contributed by atoms with Crippen LogP contribution in [-0.2, 0) is 4.74 Å². The lowest BCUT2D eigenvalue weighted by Gasteiger charge is -2.21. The monoisotopic (exact) mass is 325 g/mol. The zero-order valence-corrected chi connectivity index (χ0v) is 12.6. The van der Waals surface area contributed by atoms with Crippen LogP contribution in [0.5, 0.6) is 0 Å². The second-order valence-corrected chi connectivity index (χ2v) is 5.72. The topological polar surface area (TPSA) is 99.8 Å². The molecule has 1 aliphatic heterocycles. The van der Waals surface area contributed by atoms with Crippen molar-refractivity contribution in [3.63, 3.8) is 0 Å². The largest absolute Gasteiger partial charge is 0.394 e. The molecule has 1 aromatic carbocycles. The van der Waals surface area contributed by atoms with Crippen molar-refractivity contribution in [3.8, 4) is 0 Å². The van der Waals surface area contributed by atoms with Gasteiger partial charge >= 0.3 is 0 Å². The molecule has 0 spiro atoms. The van der Waals surface area contributed by atoms with Crippen LogP contribution in [0.15, 0.2) is 24.3 Å². The fourth-order valence-electron chi connectivity index (χ4n) is 2.76. The molecule has 1 aromatic heterocycles. The Hall–Kier alpha value is -1.74. The summed E-state index contributed by atoms with van der Waals surface area (Å²) in [7, 11) is 0. The molecule has 126 valence electrons. The number of nitrogens with zero attached hydrogens (tertiary/aromatic N) is 2. The van der Waals surface area contributed by atoms with Crippen molar-refractivity contribution >= 4 is 17.0 Å². The van der Waals surface area contributed by atoms with E-state index in [1.165, 1.54) is 0 Å². The third-order valence-electron chi connectivity index (χ3n) is 3.97. The Labute approximate surface area is 132 Å². The van der Waals surface area contributed by atoms with Gasteiger partial charge in [0.2, 0.25) is 5.95 Å². The third kappa shape index (κ3) is 2.78. The van der Waals surface area contributed by atoms with Crippen LogP contribution in [0.3, 0.4) is 0 Å². The zero-order chi connectivity index (χ0) is 16.6. The number of aliphatic hydroxyl groups excluding tert-OH is 3. The molecule has 1 saturated heterocycles. The van der Waals surface area contributed by atoms with E-state index in [1.54, 1.807) is 23.6 Å². The summed E-state index contributed by atoms with van der Waals surface area (Å²) in [6, 6.07) is 6.74. The van der Waals surface area contributed by atoms with E-state index in [2.05, 4.69) is 10.3 Å². The number of anilines is 1. The number of hydrogen-bond acceptors (Lipinski definition) is 6. The normalized spacial score (nSPS) is 29.1. The van der Waals surface area contributed by atoms with Gasteiger partial charge in [0.25, 0.3) is 0 Å². The second kappa shape index (κ2) is 6.40. The summed E-state index contributed by atoms with van der Waals surface area (Å²) >= 11 is 0. The number of nitrogens with one attached hydrogen (secondary N) is 1. The highest BCUT2D eigenvalue weighted by Crippen LogP contribution is 2.35. The molecule has 2 aromatic rings. The molecule has 0 saturated carbocycles. The van der Waals surface area contributed by atoms with Gasteiger partial charge in [0.15, 0.2) is 6.23 Å². The number of alkyl halides is 1. The van der Waals surface area contributed by atoms with Crippen LogP contribution in [0, 0.1) is 0 Å². The van der Waals surface area contributed by atoms with E-state index < -0.39 is 43.9 Å². The molecule has 1 unspecified atom stereocenters. The van der Waals surface area contributed by atoms with Crippen molar-refractivity contribution in [3.05, 3.63) is 24.3 Å². The molecule has 23 heavy (non-hydrogen) atoms. The molecule has 1 aliphatic rings. The highest BCUT2D eigenvalue weighted by Gasteiger charge is 2.44. The van der Waals surface area contributed by atoms with Crippen LogP contribution in [-0.4, -0.2) is 62.5 Å². The maximum atomic E-state index is 12.8. The summed E-state index contributed by atoms with van der Waals surface area (Å²) in [4.78, 5) is 4.41. The number of imidazole rings is 1. The number of hydrogen-bond donors (Lipinski definition) is 4. The van der Waals surface area contributed by atoms with Crippen molar-refractivity contribution in [1.29, 1.82) is 0 Å². The first-order chi connectivity index (χ1) is 11.1. The summed E-state index contributed by atoms with van der Waals surface area (Å²) in [6.07, 6.45) is -4.25. The van der Waals surface area contributed by atoms with Gasteiger partial charge in [-0.2, -0.15) is 0 Å². The van der Waals surface area contributed by atoms with Crippen molar-refractivity contribution in [2.24, 2.45) is 0 Å². The first kappa shape index (κ1) is 16.1. The number of para-hydroxylation sites is 2. The summed E-state index contributed by atoms with van der Waals surface area (Å²) in [5.74, 6) is 0.339. The molecule has 0 aliphatic carbocycles. The molecule has 1 fully saturated rings. The standard InChI is InChI=1S/C15H20FN3O4/c1-8(6-16)17-15-18-9-4-2-3-5-10(9)19(15)14-13(22)12(21)11(7-20)23-14/h2-5,8,11-14,20-22H,6-7H2,1H3,(H,17,18)/t8?,11-,12-,13-,14-/m0/s1. The van der Waals surface area contributed by atoms with E-state index in [9.17, 15) is 19.7 Å². The maximum Gasteiger partial charge on any atom is 0.206 e. The van der Waals surface area contributed by atoms with Crippen LogP contribution in [0.2, 0.25) is 0 Å². The number of aromatic nitrogens is 2. The molecular weight excluding hydrogens is 305 g/mol. The fourth-order valence-corrected chi connectivity index (χ4v) is 2.76. The average Bonchev–Trinajstić information content (AvgIpc) is 3.05. The lowest BCUT2D eigenvalue weighted by Crippen LogP contribution is -2.33. The molecule has 5 atom stereocenters. The van der Waals surface area contributed by atoms with Crippen LogP contribution >= 0.6 is 0 Å². The maximum absolute atomic E-state index is 12.8. The number of aliphatic hydroxyl groups is 3. The minimum absolute atomic E-state index is 0.339. The quantitative estimate of drug-likeness (QED) is 0.636. The summed E-state index contributed by atoms with van der Waals surface area (Å²) in [5.41, 5.74) is 1.33. The Balaban J connectivity index is 2.06. The third-order valence-corrected chi connectivity index (χ3v) is 3.97. The van der Waals surface area contributed by atoms with Gasteiger partial charge in [0.05, 0.1) is 23.7 Å². The van der Waals surface area contributed by atoms with Crippen molar-refractivity contribution in [1.82, 2.24) is 9.55 Å². The highest BCUT2D eigenvalue weighted by atomic mass is 19.1. The van der Waals surface area contributed by atoms with E-state index in [4.69, 9.17) is 4.74 Å². The Morgan fingerprint density at radius 3 is 2.74 bits per heavy atom. The number of rotatable bonds is 5. The first-order valence-corrected chi connectivity index (χ1v) is 7.48. The molecule has 7 nitrogen and oxygen atoms in total. The number of benzene rings is 1. The van der Waals surface area contributed by atoms with Crippen molar-refractivity contribution in [2.75, 3.05) is 18.6 Å². The van der Waals surface area contributed by atoms with Crippen LogP contribution in [0.1, 0.15) is 13.2 Å². The average molecular weight is 325 g/mol. The van der Waals surface area contributed by atoms with Crippen molar-refractivity contribution in [2.45, 2.75) is 37.5 Å². The predicted molar refractivity (Wildman–Crippen MR) is 81.8 cm³/mol. The molecule has 8 heteroatoms. The van der Waals surface area contributed by atoms with Gasteiger partial charge in [-0.25, -0.2) is 9.37 Å². The molecular formula is C15H20FN3O4. The van der Waals surface area contributed by atoms with Gasteiger partial charge in [-0.15, -0.1) is 0 Å². The SMILES string of the molecule is CC(CF)Nc1nc2ccccc2n1[C@H]1O[C@@H](CO)[C@H](O)[C@@H]1O. The van der Waals surface area contributed by atoms with Crippen LogP contribution in [0.4, 0.5) is 10.3 Å². The Bertz CT molecular complexity index is 680. The summed E-state index contributed by atoms with van der Waals surface area (Å²) < 4.78 is 20.0. The summed E-state index contributed by atoms with van der Waals surface area (Å²) in [5, 5.41) is 32.4. The number of ether oxygens (including phenoxy) is 1. The van der Waals surface area contributed by atoms with Crippen molar-refractivity contribution < 1.29 is 24.4 Å². The lowest BCUT2D eigenvalue weighted by molar-refractivity contribution is -0.0499.